The van der Waals surface area contributed by atoms with E-state index in [1.807, 2.05) is 30.3 Å². The minimum absolute atomic E-state index is 0.0522. The number of fused-ring (bicyclic) bond motifs is 1. The normalized spacial score (nSPS) is 11.2. The summed E-state index contributed by atoms with van der Waals surface area (Å²) in [6.45, 7) is 6.60. The molecule has 36 heavy (non-hydrogen) atoms. The molecule has 1 N–H and O–H groups in total. The van der Waals surface area contributed by atoms with Gasteiger partial charge in [-0.05, 0) is 73.2 Å². The molecule has 1 heterocycles. The highest BCUT2D eigenvalue weighted by Gasteiger charge is 2.11. The molecule has 0 aliphatic carbocycles. The van der Waals surface area contributed by atoms with Crippen molar-refractivity contribution in [2.45, 2.75) is 52.0 Å². The molecule has 188 valence electrons. The maximum atomic E-state index is 12.4. The van der Waals surface area contributed by atoms with Crippen molar-refractivity contribution in [3.63, 3.8) is 0 Å². The molecule has 0 aliphatic rings. The maximum Gasteiger partial charge on any atom is 0.251 e. The van der Waals surface area contributed by atoms with Gasteiger partial charge in [0, 0.05) is 29.5 Å². The van der Waals surface area contributed by atoms with Crippen molar-refractivity contribution in [2.75, 3.05) is 13.2 Å². The minimum atomic E-state index is -0.0522. The number of aromatic nitrogens is 2. The Morgan fingerprint density at radius 3 is 2.58 bits per heavy atom. The summed E-state index contributed by atoms with van der Waals surface area (Å²) in [5, 5.41) is 3.02. The highest BCUT2D eigenvalue weighted by atomic mass is 79.9. The summed E-state index contributed by atoms with van der Waals surface area (Å²) in [4.78, 5) is 17.3. The fourth-order valence-corrected chi connectivity index (χ4v) is 4.66. The lowest BCUT2D eigenvalue weighted by Crippen LogP contribution is -2.25. The third-order valence-electron chi connectivity index (χ3n) is 6.27. The fraction of sp³-hybridized carbons (Fsp3) is 0.333. The molecular weight excluding hydrogens is 514 g/mol. The monoisotopic (exact) mass is 547 g/mol. The van der Waals surface area contributed by atoms with Crippen LogP contribution in [0.25, 0.3) is 11.0 Å². The molecule has 0 radical (unpaired) electrons. The summed E-state index contributed by atoms with van der Waals surface area (Å²) < 4.78 is 9.18. The number of nitrogens with zero attached hydrogens (tertiary/aromatic N) is 2. The van der Waals surface area contributed by atoms with Gasteiger partial charge in [0.25, 0.3) is 5.91 Å². The van der Waals surface area contributed by atoms with Gasteiger partial charge in [-0.3, -0.25) is 4.79 Å². The Bertz CT molecular complexity index is 1280. The number of ether oxygens (including phenoxy) is 1. The smallest absolute Gasteiger partial charge is 0.251 e. The third-order valence-corrected chi connectivity index (χ3v) is 6.77. The summed E-state index contributed by atoms with van der Waals surface area (Å²) in [6, 6.07) is 24.1. The van der Waals surface area contributed by atoms with Gasteiger partial charge in [-0.2, -0.15) is 0 Å². The SMILES string of the molecule is CC(C)c1ccc(OCCCCn2c(CCCNC(=O)c3cccc(Br)c3)nc3ccccc32)cc1. The van der Waals surface area contributed by atoms with E-state index in [4.69, 9.17) is 9.72 Å². The summed E-state index contributed by atoms with van der Waals surface area (Å²) in [5.41, 5.74) is 4.17. The van der Waals surface area contributed by atoms with Gasteiger partial charge in [-0.25, -0.2) is 4.98 Å². The van der Waals surface area contributed by atoms with Crippen molar-refractivity contribution < 1.29 is 9.53 Å². The number of halogens is 1. The van der Waals surface area contributed by atoms with Crippen molar-refractivity contribution >= 4 is 32.9 Å². The lowest BCUT2D eigenvalue weighted by Gasteiger charge is -2.11. The Morgan fingerprint density at radius 1 is 1.00 bits per heavy atom. The molecule has 1 aromatic heterocycles. The van der Waals surface area contributed by atoms with E-state index in [-0.39, 0.29) is 5.91 Å². The number of imidazole rings is 1. The number of unbranched alkanes of at least 4 members (excludes halogenated alkanes) is 1. The van der Waals surface area contributed by atoms with E-state index < -0.39 is 0 Å². The maximum absolute atomic E-state index is 12.4. The first-order valence-electron chi connectivity index (χ1n) is 12.7. The van der Waals surface area contributed by atoms with Crippen molar-refractivity contribution in [3.05, 3.63) is 94.2 Å². The number of hydrogen-bond donors (Lipinski definition) is 1. The molecule has 4 aromatic rings. The number of para-hydroxylation sites is 2. The molecule has 0 saturated heterocycles. The van der Waals surface area contributed by atoms with Gasteiger partial charge < -0.3 is 14.6 Å². The molecule has 0 unspecified atom stereocenters. The average Bonchev–Trinajstić information content (AvgIpc) is 3.24. The Morgan fingerprint density at radius 2 is 1.81 bits per heavy atom. The van der Waals surface area contributed by atoms with E-state index in [9.17, 15) is 4.79 Å². The number of benzene rings is 3. The molecule has 5 nitrogen and oxygen atoms in total. The Kier molecular flexibility index (Phi) is 9.17. The molecule has 6 heteroatoms. The summed E-state index contributed by atoms with van der Waals surface area (Å²) in [7, 11) is 0. The molecule has 0 spiro atoms. The zero-order valence-electron chi connectivity index (χ0n) is 21.0. The standard InChI is InChI=1S/C30H34BrN3O2/c1-22(2)23-14-16-26(17-15-23)36-20-6-5-19-34-28-12-4-3-11-27(28)33-29(34)13-8-18-32-30(35)24-9-7-10-25(31)21-24/h3-4,7,9-12,14-17,21-22H,5-6,8,13,18-20H2,1-2H3,(H,32,35). The van der Waals surface area contributed by atoms with Crippen molar-refractivity contribution in [1.82, 2.24) is 14.9 Å². The molecule has 0 atom stereocenters. The first-order chi connectivity index (χ1) is 17.5. The van der Waals surface area contributed by atoms with Crippen LogP contribution in [0.15, 0.2) is 77.3 Å². The van der Waals surface area contributed by atoms with E-state index >= 15 is 0 Å². The highest BCUT2D eigenvalue weighted by molar-refractivity contribution is 9.10. The quantitative estimate of drug-likeness (QED) is 0.192. The van der Waals surface area contributed by atoms with Crippen LogP contribution in [-0.2, 0) is 13.0 Å². The lowest BCUT2D eigenvalue weighted by atomic mass is 10.0. The fourth-order valence-electron chi connectivity index (χ4n) is 4.26. The predicted octanol–water partition coefficient (Wildman–Crippen LogP) is 7.14. The van der Waals surface area contributed by atoms with Crippen LogP contribution in [0.2, 0.25) is 0 Å². The first-order valence-corrected chi connectivity index (χ1v) is 13.5. The Hall–Kier alpha value is -3.12. The van der Waals surface area contributed by atoms with Gasteiger partial charge >= 0.3 is 0 Å². The lowest BCUT2D eigenvalue weighted by molar-refractivity contribution is 0.0953. The summed E-state index contributed by atoms with van der Waals surface area (Å²) >= 11 is 3.42. The second-order valence-corrected chi connectivity index (χ2v) is 10.2. The Balaban J connectivity index is 1.27. The van der Waals surface area contributed by atoms with Gasteiger partial charge in [0.1, 0.15) is 11.6 Å². The molecule has 0 bridgehead atoms. The van der Waals surface area contributed by atoms with Gasteiger partial charge in [0.15, 0.2) is 0 Å². The predicted molar refractivity (Wildman–Crippen MR) is 150 cm³/mol. The topological polar surface area (TPSA) is 56.1 Å². The third kappa shape index (κ3) is 6.97. The number of hydrogen-bond acceptors (Lipinski definition) is 3. The molecule has 4 rings (SSSR count). The second kappa shape index (κ2) is 12.7. The average molecular weight is 549 g/mol. The number of carbonyl (C=O) groups excluding carboxylic acids is 1. The molecule has 0 saturated carbocycles. The van der Waals surface area contributed by atoms with E-state index in [0.717, 1.165) is 59.3 Å². The van der Waals surface area contributed by atoms with E-state index in [1.165, 1.54) is 5.56 Å². The van der Waals surface area contributed by atoms with Crippen LogP contribution in [0.5, 0.6) is 5.75 Å². The van der Waals surface area contributed by atoms with Gasteiger partial charge in [-0.15, -0.1) is 0 Å². The Labute approximate surface area is 222 Å². The molecule has 0 aliphatic heterocycles. The largest absolute Gasteiger partial charge is 0.494 e. The highest BCUT2D eigenvalue weighted by Crippen LogP contribution is 2.20. The van der Waals surface area contributed by atoms with E-state index in [1.54, 1.807) is 0 Å². The van der Waals surface area contributed by atoms with Crippen molar-refractivity contribution in [2.24, 2.45) is 0 Å². The number of nitrogens with one attached hydrogen (secondary N) is 1. The van der Waals surface area contributed by atoms with Crippen molar-refractivity contribution in [1.29, 1.82) is 0 Å². The van der Waals surface area contributed by atoms with Gasteiger partial charge in [0.2, 0.25) is 0 Å². The zero-order chi connectivity index (χ0) is 25.3. The van der Waals surface area contributed by atoms with Crippen molar-refractivity contribution in [3.8, 4) is 5.75 Å². The van der Waals surface area contributed by atoms with E-state index in [2.05, 4.69) is 82.1 Å². The number of carbonyl (C=O) groups is 1. The molecule has 3 aromatic carbocycles. The van der Waals surface area contributed by atoms with Crippen LogP contribution in [0, 0.1) is 0 Å². The second-order valence-electron chi connectivity index (χ2n) is 9.32. The van der Waals surface area contributed by atoms with Crippen LogP contribution >= 0.6 is 15.9 Å². The number of rotatable bonds is 12. The summed E-state index contributed by atoms with van der Waals surface area (Å²) in [5.74, 6) is 2.47. The van der Waals surface area contributed by atoms with Gasteiger partial charge in [-0.1, -0.05) is 60.1 Å². The zero-order valence-corrected chi connectivity index (χ0v) is 22.6. The van der Waals surface area contributed by atoms with Gasteiger partial charge in [0.05, 0.1) is 17.6 Å². The van der Waals surface area contributed by atoms with E-state index in [0.29, 0.717) is 24.6 Å². The minimum Gasteiger partial charge on any atom is -0.494 e. The molecule has 0 fully saturated rings. The van der Waals surface area contributed by atoms with Crippen LogP contribution < -0.4 is 10.1 Å². The molecular formula is C30H34BrN3O2. The van der Waals surface area contributed by atoms with Crippen LogP contribution in [-0.4, -0.2) is 28.6 Å². The number of aryl methyl sites for hydroxylation is 2. The number of amides is 1. The first kappa shape index (κ1) is 26.0. The van der Waals surface area contributed by atoms with Crippen LogP contribution in [0.1, 0.15) is 60.8 Å². The molecule has 1 amide bonds. The van der Waals surface area contributed by atoms with Crippen LogP contribution in [0.4, 0.5) is 0 Å². The summed E-state index contributed by atoms with van der Waals surface area (Å²) in [6.07, 6.45) is 3.63. The van der Waals surface area contributed by atoms with Crippen LogP contribution in [0.3, 0.4) is 0 Å².